The fourth-order valence-corrected chi connectivity index (χ4v) is 4.47. The summed E-state index contributed by atoms with van der Waals surface area (Å²) in [5.74, 6) is 1.78. The van der Waals surface area contributed by atoms with Crippen LogP contribution in [0.4, 0.5) is 0 Å². The number of amides is 1. The molecule has 192 valence electrons. The molecule has 5 rings (SSSR count). The van der Waals surface area contributed by atoms with Gasteiger partial charge in [0.2, 0.25) is 6.41 Å². The Bertz CT molecular complexity index is 1470. The van der Waals surface area contributed by atoms with E-state index < -0.39 is 0 Å². The molecule has 2 atom stereocenters. The number of aromatic amines is 2. The lowest BCUT2D eigenvalue weighted by atomic mass is 10.0. The second kappa shape index (κ2) is 11.3. The average molecular weight is 505 g/mol. The molecule has 7 heteroatoms. The molecule has 0 aliphatic carbocycles. The SMILES string of the molecule is C[C@@H](c1ncc(-c2ccc(-c3ccc(-c4cnc(C[C@H](NC=O)c5ccccc5)[nH]4)cc3)cc2)[nH]1)N(C)C. The van der Waals surface area contributed by atoms with E-state index >= 15 is 0 Å². The summed E-state index contributed by atoms with van der Waals surface area (Å²) >= 11 is 0. The fraction of sp³-hybridized carbons (Fsp3) is 0.194. The number of benzene rings is 3. The highest BCUT2D eigenvalue weighted by molar-refractivity contribution is 5.71. The maximum absolute atomic E-state index is 11.1. The number of hydrogen-bond donors (Lipinski definition) is 3. The minimum atomic E-state index is -0.136. The van der Waals surface area contributed by atoms with Crippen LogP contribution in [0, 0.1) is 0 Å². The Morgan fingerprint density at radius 1 is 0.789 bits per heavy atom. The molecule has 5 aromatic rings. The zero-order valence-electron chi connectivity index (χ0n) is 21.8. The smallest absolute Gasteiger partial charge is 0.207 e. The van der Waals surface area contributed by atoms with Gasteiger partial charge in [0, 0.05) is 6.42 Å². The number of carbonyl (C=O) groups is 1. The first kappa shape index (κ1) is 25.2. The summed E-state index contributed by atoms with van der Waals surface area (Å²) in [4.78, 5) is 29.2. The van der Waals surface area contributed by atoms with E-state index in [2.05, 4.69) is 85.6 Å². The molecule has 0 spiro atoms. The van der Waals surface area contributed by atoms with Crippen LogP contribution in [0.15, 0.2) is 91.3 Å². The van der Waals surface area contributed by atoms with Gasteiger partial charge >= 0.3 is 0 Å². The quantitative estimate of drug-likeness (QED) is 0.210. The summed E-state index contributed by atoms with van der Waals surface area (Å²) in [7, 11) is 4.10. The zero-order valence-corrected chi connectivity index (χ0v) is 21.8. The van der Waals surface area contributed by atoms with Gasteiger partial charge in [-0.3, -0.25) is 9.69 Å². The van der Waals surface area contributed by atoms with Crippen LogP contribution in [-0.4, -0.2) is 45.3 Å². The lowest BCUT2D eigenvalue weighted by molar-refractivity contribution is -0.110. The number of H-pyrrole nitrogens is 2. The van der Waals surface area contributed by atoms with Gasteiger partial charge < -0.3 is 15.3 Å². The van der Waals surface area contributed by atoms with Crippen molar-refractivity contribution in [2.24, 2.45) is 0 Å². The third-order valence-electron chi connectivity index (χ3n) is 6.99. The molecule has 1 amide bonds. The van der Waals surface area contributed by atoms with Crippen LogP contribution in [0.1, 0.15) is 36.2 Å². The highest BCUT2D eigenvalue weighted by atomic mass is 16.1. The van der Waals surface area contributed by atoms with Crippen molar-refractivity contribution in [3.63, 3.8) is 0 Å². The van der Waals surface area contributed by atoms with Crippen LogP contribution in [-0.2, 0) is 11.2 Å². The molecule has 2 aromatic heterocycles. The van der Waals surface area contributed by atoms with E-state index in [0.29, 0.717) is 6.42 Å². The maximum atomic E-state index is 11.1. The van der Waals surface area contributed by atoms with Gasteiger partial charge in [-0.05, 0) is 48.8 Å². The van der Waals surface area contributed by atoms with E-state index in [1.54, 1.807) is 0 Å². The van der Waals surface area contributed by atoms with Crippen molar-refractivity contribution in [1.82, 2.24) is 30.2 Å². The number of carbonyl (C=O) groups excluding carboxylic acids is 1. The number of hydrogen-bond acceptors (Lipinski definition) is 4. The van der Waals surface area contributed by atoms with Crippen molar-refractivity contribution >= 4 is 6.41 Å². The Kier molecular flexibility index (Phi) is 7.47. The van der Waals surface area contributed by atoms with Gasteiger partial charge in [0.1, 0.15) is 11.6 Å². The topological polar surface area (TPSA) is 89.7 Å². The molecule has 3 aromatic carbocycles. The second-order valence-corrected chi connectivity index (χ2v) is 9.67. The van der Waals surface area contributed by atoms with Crippen molar-refractivity contribution in [3.05, 3.63) is 108 Å². The van der Waals surface area contributed by atoms with Gasteiger partial charge in [0.15, 0.2) is 0 Å². The molecular weight excluding hydrogens is 472 g/mol. The van der Waals surface area contributed by atoms with Crippen molar-refractivity contribution in [2.45, 2.75) is 25.4 Å². The van der Waals surface area contributed by atoms with Crippen LogP contribution in [0.5, 0.6) is 0 Å². The molecule has 0 fully saturated rings. The highest BCUT2D eigenvalue weighted by Crippen LogP contribution is 2.28. The molecule has 0 unspecified atom stereocenters. The van der Waals surface area contributed by atoms with Crippen LogP contribution < -0.4 is 5.32 Å². The molecule has 38 heavy (non-hydrogen) atoms. The molecule has 2 heterocycles. The molecule has 3 N–H and O–H groups in total. The maximum Gasteiger partial charge on any atom is 0.207 e. The third-order valence-corrected chi connectivity index (χ3v) is 6.99. The van der Waals surface area contributed by atoms with Crippen molar-refractivity contribution < 1.29 is 4.79 Å². The minimum absolute atomic E-state index is 0.136. The van der Waals surface area contributed by atoms with Crippen LogP contribution in [0.25, 0.3) is 33.6 Å². The first-order chi connectivity index (χ1) is 18.5. The first-order valence-electron chi connectivity index (χ1n) is 12.7. The molecule has 0 aliphatic rings. The minimum Gasteiger partial charge on any atom is -0.351 e. The fourth-order valence-electron chi connectivity index (χ4n) is 4.47. The van der Waals surface area contributed by atoms with Gasteiger partial charge in [-0.2, -0.15) is 0 Å². The average Bonchev–Trinajstić information content (AvgIpc) is 3.64. The number of nitrogens with one attached hydrogen (secondary N) is 3. The Balaban J connectivity index is 1.27. The van der Waals surface area contributed by atoms with Crippen LogP contribution >= 0.6 is 0 Å². The van der Waals surface area contributed by atoms with Gasteiger partial charge in [-0.25, -0.2) is 9.97 Å². The lowest BCUT2D eigenvalue weighted by Gasteiger charge is -2.16. The van der Waals surface area contributed by atoms with Crippen LogP contribution in [0.2, 0.25) is 0 Å². The largest absolute Gasteiger partial charge is 0.351 e. The number of rotatable bonds is 10. The van der Waals surface area contributed by atoms with Crippen molar-refractivity contribution in [2.75, 3.05) is 14.1 Å². The summed E-state index contributed by atoms with van der Waals surface area (Å²) in [5.41, 5.74) is 7.47. The lowest BCUT2D eigenvalue weighted by Crippen LogP contribution is -2.22. The Hall–Kier alpha value is -4.49. The van der Waals surface area contributed by atoms with E-state index in [4.69, 9.17) is 0 Å². The van der Waals surface area contributed by atoms with Gasteiger partial charge in [-0.1, -0.05) is 78.9 Å². The van der Waals surface area contributed by atoms with E-state index in [1.807, 2.05) is 56.8 Å². The standard InChI is InChI=1S/C31H32N6O/c1-21(37(2)3)31-33-19-29(36-31)26-15-11-23(12-16-26)22-9-13-25(14-10-22)28-18-32-30(35-28)17-27(34-20-38)24-7-5-4-6-8-24/h4-16,18-21,27H,17H2,1-3H3,(H,32,35)(H,33,36)(H,34,38)/t21-,27-/m0/s1. The molecule has 7 nitrogen and oxygen atoms in total. The zero-order chi connectivity index (χ0) is 26.5. The first-order valence-corrected chi connectivity index (χ1v) is 12.7. The summed E-state index contributed by atoms with van der Waals surface area (Å²) in [6.45, 7) is 2.13. The third kappa shape index (κ3) is 5.58. The van der Waals surface area contributed by atoms with Crippen LogP contribution in [0.3, 0.4) is 0 Å². The summed E-state index contributed by atoms with van der Waals surface area (Å²) in [5, 5.41) is 2.90. The Morgan fingerprint density at radius 2 is 1.34 bits per heavy atom. The normalized spacial score (nSPS) is 12.8. The van der Waals surface area contributed by atoms with Gasteiger partial charge in [0.05, 0.1) is 35.9 Å². The predicted octanol–water partition coefficient (Wildman–Crippen LogP) is 5.79. The summed E-state index contributed by atoms with van der Waals surface area (Å²) < 4.78 is 0. The molecule has 0 bridgehead atoms. The summed E-state index contributed by atoms with van der Waals surface area (Å²) in [6.07, 6.45) is 5.07. The number of aromatic nitrogens is 4. The van der Waals surface area contributed by atoms with Crippen molar-refractivity contribution in [3.8, 4) is 33.6 Å². The number of nitrogens with zero attached hydrogens (tertiary/aromatic N) is 3. The van der Waals surface area contributed by atoms with Gasteiger partial charge in [-0.15, -0.1) is 0 Å². The Labute approximate surface area is 223 Å². The molecule has 0 saturated carbocycles. The highest BCUT2D eigenvalue weighted by Gasteiger charge is 2.15. The number of imidazole rings is 2. The monoisotopic (exact) mass is 504 g/mol. The van der Waals surface area contributed by atoms with E-state index in [1.165, 1.54) is 0 Å². The van der Waals surface area contributed by atoms with E-state index in [-0.39, 0.29) is 12.1 Å². The van der Waals surface area contributed by atoms with E-state index in [0.717, 1.165) is 57.3 Å². The molecular formula is C31H32N6O. The summed E-state index contributed by atoms with van der Waals surface area (Å²) in [6, 6.07) is 27.0. The second-order valence-electron chi connectivity index (χ2n) is 9.67. The van der Waals surface area contributed by atoms with Gasteiger partial charge in [0.25, 0.3) is 0 Å². The van der Waals surface area contributed by atoms with E-state index in [9.17, 15) is 4.79 Å². The molecule has 0 radical (unpaired) electrons. The molecule has 0 saturated heterocycles. The predicted molar refractivity (Wildman–Crippen MR) is 151 cm³/mol. The van der Waals surface area contributed by atoms with Crippen molar-refractivity contribution in [1.29, 1.82) is 0 Å². The Morgan fingerprint density at radius 3 is 1.92 bits per heavy atom. The molecule has 0 aliphatic heterocycles.